The van der Waals surface area contributed by atoms with Crippen molar-refractivity contribution in [1.82, 2.24) is 4.90 Å². The standard InChI is InChI=1S/C21H15NO4/c23-11-10-22-20(25)17-3-1-2-16-15(8-9-18(19(16)17)21(22)26)14-6-4-13(12-24)5-7-14/h1-9,12,23H,10-11H2. The molecule has 0 saturated carbocycles. The van der Waals surface area contributed by atoms with E-state index in [2.05, 4.69) is 0 Å². The van der Waals surface area contributed by atoms with Gasteiger partial charge in [-0.1, -0.05) is 42.5 Å². The molecule has 3 aromatic carbocycles. The molecule has 1 N–H and O–H groups in total. The van der Waals surface area contributed by atoms with Crippen molar-refractivity contribution in [2.75, 3.05) is 13.2 Å². The van der Waals surface area contributed by atoms with Gasteiger partial charge in [0, 0.05) is 22.1 Å². The first-order valence-corrected chi connectivity index (χ1v) is 8.24. The van der Waals surface area contributed by atoms with E-state index in [9.17, 15) is 14.4 Å². The van der Waals surface area contributed by atoms with Gasteiger partial charge in [0.2, 0.25) is 0 Å². The normalized spacial score (nSPS) is 13.3. The van der Waals surface area contributed by atoms with Crippen LogP contribution in [0.15, 0.2) is 54.6 Å². The number of nitrogens with zero attached hydrogens (tertiary/aromatic N) is 1. The van der Waals surface area contributed by atoms with E-state index in [4.69, 9.17) is 5.11 Å². The van der Waals surface area contributed by atoms with E-state index in [-0.39, 0.29) is 13.2 Å². The fourth-order valence-electron chi connectivity index (χ4n) is 3.44. The second-order valence-corrected chi connectivity index (χ2v) is 6.11. The number of imide groups is 1. The van der Waals surface area contributed by atoms with Gasteiger partial charge in [-0.3, -0.25) is 19.3 Å². The molecule has 0 aliphatic carbocycles. The van der Waals surface area contributed by atoms with Gasteiger partial charge in [-0.2, -0.15) is 0 Å². The van der Waals surface area contributed by atoms with Gasteiger partial charge in [0.05, 0.1) is 13.2 Å². The number of aliphatic hydroxyl groups excluding tert-OH is 1. The third-order valence-electron chi connectivity index (χ3n) is 4.67. The molecule has 2 amide bonds. The smallest absolute Gasteiger partial charge is 0.261 e. The lowest BCUT2D eigenvalue weighted by Gasteiger charge is -2.27. The van der Waals surface area contributed by atoms with E-state index in [1.807, 2.05) is 24.3 Å². The Hall–Kier alpha value is -3.31. The van der Waals surface area contributed by atoms with Crippen molar-refractivity contribution in [1.29, 1.82) is 0 Å². The second-order valence-electron chi connectivity index (χ2n) is 6.11. The van der Waals surface area contributed by atoms with Crippen molar-refractivity contribution in [2.24, 2.45) is 0 Å². The molecule has 5 heteroatoms. The Kier molecular flexibility index (Phi) is 3.86. The second kappa shape index (κ2) is 6.20. The molecule has 0 spiro atoms. The summed E-state index contributed by atoms with van der Waals surface area (Å²) < 4.78 is 0. The van der Waals surface area contributed by atoms with Gasteiger partial charge < -0.3 is 5.11 Å². The highest BCUT2D eigenvalue weighted by Crippen LogP contribution is 2.36. The van der Waals surface area contributed by atoms with Crippen molar-refractivity contribution >= 4 is 28.9 Å². The Balaban J connectivity index is 1.96. The predicted molar refractivity (Wildman–Crippen MR) is 97.2 cm³/mol. The van der Waals surface area contributed by atoms with Gasteiger partial charge in [0.1, 0.15) is 6.29 Å². The van der Waals surface area contributed by atoms with Gasteiger partial charge in [-0.15, -0.1) is 0 Å². The van der Waals surface area contributed by atoms with E-state index < -0.39 is 11.8 Å². The van der Waals surface area contributed by atoms with E-state index in [1.54, 1.807) is 30.3 Å². The van der Waals surface area contributed by atoms with Gasteiger partial charge in [0.15, 0.2) is 0 Å². The molecule has 4 rings (SSSR count). The van der Waals surface area contributed by atoms with Gasteiger partial charge in [-0.05, 0) is 28.6 Å². The fraction of sp³-hybridized carbons (Fsp3) is 0.0952. The molecule has 1 aliphatic rings. The summed E-state index contributed by atoms with van der Waals surface area (Å²) in [4.78, 5) is 37.3. The van der Waals surface area contributed by atoms with Crippen molar-refractivity contribution < 1.29 is 19.5 Å². The number of benzene rings is 3. The van der Waals surface area contributed by atoms with Crippen molar-refractivity contribution in [3.8, 4) is 11.1 Å². The average molecular weight is 345 g/mol. The van der Waals surface area contributed by atoms with Gasteiger partial charge >= 0.3 is 0 Å². The van der Waals surface area contributed by atoms with Crippen LogP contribution in [-0.2, 0) is 0 Å². The van der Waals surface area contributed by atoms with E-state index >= 15 is 0 Å². The maximum Gasteiger partial charge on any atom is 0.261 e. The molecule has 3 aromatic rings. The third kappa shape index (κ3) is 2.33. The van der Waals surface area contributed by atoms with E-state index in [1.165, 1.54) is 0 Å². The number of hydrogen-bond acceptors (Lipinski definition) is 4. The molecule has 1 aliphatic heterocycles. The summed E-state index contributed by atoms with van der Waals surface area (Å²) in [6.07, 6.45) is 0.786. The number of amides is 2. The Morgan fingerprint density at radius 1 is 0.846 bits per heavy atom. The van der Waals surface area contributed by atoms with Crippen LogP contribution in [0.2, 0.25) is 0 Å². The maximum atomic E-state index is 12.7. The highest BCUT2D eigenvalue weighted by atomic mass is 16.3. The molecule has 0 aromatic heterocycles. The SMILES string of the molecule is O=Cc1ccc(-c2ccc3c4c(cccc24)C(=O)N(CCO)C3=O)cc1. The summed E-state index contributed by atoms with van der Waals surface area (Å²) in [5, 5.41) is 10.6. The number of carbonyl (C=O) groups excluding carboxylic acids is 3. The lowest BCUT2D eigenvalue weighted by molar-refractivity contribution is 0.0580. The highest BCUT2D eigenvalue weighted by molar-refractivity contribution is 6.26. The van der Waals surface area contributed by atoms with E-state index in [0.29, 0.717) is 22.1 Å². The minimum Gasteiger partial charge on any atom is -0.395 e. The molecular formula is C21H15NO4. The van der Waals surface area contributed by atoms with E-state index in [0.717, 1.165) is 27.7 Å². The molecule has 0 radical (unpaired) electrons. The molecular weight excluding hydrogens is 330 g/mol. The Morgan fingerprint density at radius 3 is 2.15 bits per heavy atom. The van der Waals surface area contributed by atoms with Crippen molar-refractivity contribution in [3.05, 3.63) is 71.3 Å². The number of rotatable bonds is 4. The Morgan fingerprint density at radius 2 is 1.50 bits per heavy atom. The summed E-state index contributed by atoms with van der Waals surface area (Å²) in [6.45, 7) is -0.299. The number of aldehydes is 1. The predicted octanol–water partition coefficient (Wildman–Crippen LogP) is 2.91. The molecule has 0 saturated heterocycles. The first-order valence-electron chi connectivity index (χ1n) is 8.24. The lowest BCUT2D eigenvalue weighted by Crippen LogP contribution is -2.41. The maximum absolute atomic E-state index is 12.7. The highest BCUT2D eigenvalue weighted by Gasteiger charge is 2.32. The van der Waals surface area contributed by atoms with Crippen LogP contribution in [0.3, 0.4) is 0 Å². The molecule has 1 heterocycles. The Bertz CT molecular complexity index is 1030. The zero-order chi connectivity index (χ0) is 18.3. The third-order valence-corrected chi connectivity index (χ3v) is 4.67. The molecule has 128 valence electrons. The summed E-state index contributed by atoms with van der Waals surface area (Å²) in [6, 6.07) is 16.1. The van der Waals surface area contributed by atoms with Crippen LogP contribution in [-0.4, -0.2) is 41.3 Å². The van der Waals surface area contributed by atoms with Crippen LogP contribution in [0.1, 0.15) is 31.1 Å². The summed E-state index contributed by atoms with van der Waals surface area (Å²) in [5.74, 6) is -0.786. The largest absolute Gasteiger partial charge is 0.395 e. The molecule has 0 unspecified atom stereocenters. The topological polar surface area (TPSA) is 74.7 Å². The zero-order valence-electron chi connectivity index (χ0n) is 13.8. The number of β-amino-alcohol motifs (C(OH)–C–C–N with tert-alkyl or cyclic N) is 1. The lowest BCUT2D eigenvalue weighted by atomic mass is 9.89. The van der Waals surface area contributed by atoms with Crippen LogP contribution >= 0.6 is 0 Å². The number of aliphatic hydroxyl groups is 1. The quantitative estimate of drug-likeness (QED) is 0.583. The zero-order valence-corrected chi connectivity index (χ0v) is 13.8. The molecule has 0 bridgehead atoms. The first kappa shape index (κ1) is 16.2. The van der Waals surface area contributed by atoms with Crippen LogP contribution < -0.4 is 0 Å². The molecule has 0 atom stereocenters. The van der Waals surface area contributed by atoms with Crippen LogP contribution in [0.4, 0.5) is 0 Å². The fourth-order valence-corrected chi connectivity index (χ4v) is 3.44. The minimum atomic E-state index is -0.393. The average Bonchev–Trinajstić information content (AvgIpc) is 2.69. The summed E-state index contributed by atoms with van der Waals surface area (Å²) in [7, 11) is 0. The summed E-state index contributed by atoms with van der Waals surface area (Å²) >= 11 is 0. The van der Waals surface area contributed by atoms with Gasteiger partial charge in [0.25, 0.3) is 11.8 Å². The minimum absolute atomic E-state index is 0.0254. The van der Waals surface area contributed by atoms with Crippen molar-refractivity contribution in [2.45, 2.75) is 0 Å². The van der Waals surface area contributed by atoms with Crippen LogP contribution in [0.25, 0.3) is 21.9 Å². The van der Waals surface area contributed by atoms with Gasteiger partial charge in [-0.25, -0.2) is 0 Å². The number of hydrogen-bond donors (Lipinski definition) is 1. The molecule has 5 nitrogen and oxygen atoms in total. The molecule has 0 fully saturated rings. The van der Waals surface area contributed by atoms with Crippen LogP contribution in [0, 0.1) is 0 Å². The monoisotopic (exact) mass is 345 g/mol. The first-order chi connectivity index (χ1) is 12.7. The number of carbonyl (C=O) groups is 3. The van der Waals surface area contributed by atoms with Crippen LogP contribution in [0.5, 0.6) is 0 Å². The van der Waals surface area contributed by atoms with Crippen molar-refractivity contribution in [3.63, 3.8) is 0 Å². The Labute approximate surface area is 149 Å². The summed E-state index contributed by atoms with van der Waals surface area (Å²) in [5.41, 5.74) is 3.28. The molecule has 26 heavy (non-hydrogen) atoms.